The van der Waals surface area contributed by atoms with Crippen molar-refractivity contribution in [3.8, 4) is 11.5 Å². The Labute approximate surface area is 145 Å². The van der Waals surface area contributed by atoms with E-state index in [-0.39, 0.29) is 11.8 Å². The molecule has 0 unspecified atom stereocenters. The van der Waals surface area contributed by atoms with Crippen LogP contribution >= 0.6 is 0 Å². The number of benzene rings is 1. The molecule has 4 heterocycles. The zero-order valence-corrected chi connectivity index (χ0v) is 13.3. The number of halogens is 1. The summed E-state index contributed by atoms with van der Waals surface area (Å²) in [5, 5.41) is 9.08. The number of nitrogen functional groups attached to an aromatic ring is 1. The van der Waals surface area contributed by atoms with Crippen LogP contribution in [0, 0.1) is 5.82 Å². The molecule has 0 radical (unpaired) electrons. The maximum Gasteiger partial charge on any atom is 0.222 e. The first-order valence-electron chi connectivity index (χ1n) is 7.85. The average molecular weight is 349 g/mol. The van der Waals surface area contributed by atoms with Gasteiger partial charge in [-0.1, -0.05) is 5.21 Å². The topological polar surface area (TPSA) is 111 Å². The molecule has 1 aromatic carbocycles. The lowest BCUT2D eigenvalue weighted by Gasteiger charge is -2.05. The second-order valence-corrected chi connectivity index (χ2v) is 5.85. The quantitative estimate of drug-likeness (QED) is 0.518. The lowest BCUT2D eigenvalue weighted by molar-refractivity contribution is 0.580. The van der Waals surface area contributed by atoms with E-state index in [0.29, 0.717) is 34.7 Å². The van der Waals surface area contributed by atoms with E-state index in [0.717, 1.165) is 10.9 Å². The van der Waals surface area contributed by atoms with Crippen molar-refractivity contribution in [3.05, 3.63) is 54.2 Å². The van der Waals surface area contributed by atoms with Crippen LogP contribution in [0.4, 0.5) is 10.3 Å². The number of fused-ring (bicyclic) bond motifs is 2. The van der Waals surface area contributed by atoms with Crippen molar-refractivity contribution >= 4 is 28.0 Å². The molecule has 0 saturated heterocycles. The number of anilines is 1. The number of nitrogens with one attached hydrogen (secondary N) is 1. The van der Waals surface area contributed by atoms with Gasteiger partial charge in [0.1, 0.15) is 11.5 Å². The molecule has 5 rings (SSSR count). The number of H-pyrrole nitrogens is 1. The molecule has 0 spiro atoms. The Hall–Kier alpha value is -3.75. The van der Waals surface area contributed by atoms with E-state index in [1.54, 1.807) is 29.3 Å². The van der Waals surface area contributed by atoms with Crippen LogP contribution in [0.3, 0.4) is 0 Å². The molecule has 0 aliphatic carbocycles. The monoisotopic (exact) mass is 349 g/mol. The molecule has 0 aliphatic heterocycles. The van der Waals surface area contributed by atoms with Crippen molar-refractivity contribution in [1.29, 1.82) is 0 Å². The number of hydrogen-bond donors (Lipinski definition) is 2. The second-order valence-electron chi connectivity index (χ2n) is 5.85. The highest BCUT2D eigenvalue weighted by molar-refractivity contribution is 5.86. The number of aromatic nitrogens is 6. The van der Waals surface area contributed by atoms with Gasteiger partial charge in [0.2, 0.25) is 5.95 Å². The number of nitrogens with two attached hydrogens (primary N) is 1. The minimum absolute atomic E-state index is 0.0831. The Morgan fingerprint density at radius 2 is 2.15 bits per heavy atom. The summed E-state index contributed by atoms with van der Waals surface area (Å²) in [4.78, 5) is 11.3. The maximum atomic E-state index is 14.2. The normalized spacial score (nSPS) is 11.6. The van der Waals surface area contributed by atoms with Gasteiger partial charge in [0, 0.05) is 11.6 Å². The first kappa shape index (κ1) is 14.6. The number of furan rings is 1. The summed E-state index contributed by atoms with van der Waals surface area (Å²) in [7, 11) is 0. The third kappa shape index (κ3) is 2.21. The Kier molecular flexibility index (Phi) is 3.02. The molecule has 9 heteroatoms. The molecule has 0 atom stereocenters. The molecule has 0 aliphatic rings. The highest BCUT2D eigenvalue weighted by atomic mass is 19.1. The minimum atomic E-state index is -0.322. The van der Waals surface area contributed by atoms with Gasteiger partial charge in [-0.3, -0.25) is 0 Å². The van der Waals surface area contributed by atoms with Crippen LogP contribution < -0.4 is 5.73 Å². The molecule has 0 fully saturated rings. The standard InChI is InChI=1S/C17H12FN7O/c18-11-7-9(6-10-3-4-20-13(10)11)8-25-16-15(23-24-25)14(21-17(19)22-16)12-2-1-5-26-12/h1-7,20H,8H2,(H2,19,21,22). The summed E-state index contributed by atoms with van der Waals surface area (Å²) < 4.78 is 21.2. The van der Waals surface area contributed by atoms with Crippen molar-refractivity contribution in [2.24, 2.45) is 0 Å². The lowest BCUT2D eigenvalue weighted by Crippen LogP contribution is -2.05. The summed E-state index contributed by atoms with van der Waals surface area (Å²) in [6.07, 6.45) is 3.24. The van der Waals surface area contributed by atoms with Gasteiger partial charge in [0.15, 0.2) is 16.9 Å². The molecule has 26 heavy (non-hydrogen) atoms. The van der Waals surface area contributed by atoms with Gasteiger partial charge in [-0.15, -0.1) is 5.10 Å². The van der Waals surface area contributed by atoms with Crippen LogP contribution in [0.5, 0.6) is 0 Å². The Morgan fingerprint density at radius 1 is 1.23 bits per heavy atom. The van der Waals surface area contributed by atoms with Crippen molar-refractivity contribution in [2.75, 3.05) is 5.73 Å². The molecule has 5 aromatic rings. The van der Waals surface area contributed by atoms with Crippen LogP contribution in [-0.2, 0) is 6.54 Å². The fraction of sp³-hybridized carbons (Fsp3) is 0.0588. The largest absolute Gasteiger partial charge is 0.463 e. The summed E-state index contributed by atoms with van der Waals surface area (Å²) in [6, 6.07) is 8.68. The summed E-state index contributed by atoms with van der Waals surface area (Å²) >= 11 is 0. The minimum Gasteiger partial charge on any atom is -0.463 e. The molecule has 8 nitrogen and oxygen atoms in total. The summed E-state index contributed by atoms with van der Waals surface area (Å²) in [6.45, 7) is 0.294. The molecule has 0 bridgehead atoms. The van der Waals surface area contributed by atoms with E-state index in [2.05, 4.69) is 25.3 Å². The van der Waals surface area contributed by atoms with E-state index in [4.69, 9.17) is 10.2 Å². The molecule has 0 saturated carbocycles. The van der Waals surface area contributed by atoms with Gasteiger partial charge in [0.05, 0.1) is 18.3 Å². The molecular formula is C17H12FN7O. The van der Waals surface area contributed by atoms with Crippen molar-refractivity contribution < 1.29 is 8.81 Å². The van der Waals surface area contributed by atoms with E-state index < -0.39 is 0 Å². The van der Waals surface area contributed by atoms with Crippen LogP contribution in [0.25, 0.3) is 33.5 Å². The van der Waals surface area contributed by atoms with E-state index in [9.17, 15) is 4.39 Å². The smallest absolute Gasteiger partial charge is 0.222 e. The maximum absolute atomic E-state index is 14.2. The number of aromatic amines is 1. The van der Waals surface area contributed by atoms with Gasteiger partial charge < -0.3 is 15.1 Å². The van der Waals surface area contributed by atoms with Crippen molar-refractivity contribution in [2.45, 2.75) is 6.54 Å². The molecule has 3 N–H and O–H groups in total. The van der Waals surface area contributed by atoms with Gasteiger partial charge in [-0.05, 0) is 35.9 Å². The van der Waals surface area contributed by atoms with Gasteiger partial charge in [-0.2, -0.15) is 4.98 Å². The predicted octanol–water partition coefficient (Wildman–Crippen LogP) is 2.73. The zero-order valence-electron chi connectivity index (χ0n) is 13.3. The third-order valence-corrected chi connectivity index (χ3v) is 4.14. The summed E-state index contributed by atoms with van der Waals surface area (Å²) in [5.41, 5.74) is 8.45. The molecule has 4 aromatic heterocycles. The Morgan fingerprint density at radius 3 is 3.00 bits per heavy atom. The number of rotatable bonds is 3. The fourth-order valence-electron chi connectivity index (χ4n) is 3.01. The van der Waals surface area contributed by atoms with Gasteiger partial charge in [0.25, 0.3) is 0 Å². The van der Waals surface area contributed by atoms with E-state index in [1.807, 2.05) is 12.1 Å². The van der Waals surface area contributed by atoms with Gasteiger partial charge >= 0.3 is 0 Å². The first-order chi connectivity index (χ1) is 12.7. The first-order valence-corrected chi connectivity index (χ1v) is 7.85. The highest BCUT2D eigenvalue weighted by Crippen LogP contribution is 2.26. The molecule has 128 valence electrons. The highest BCUT2D eigenvalue weighted by Gasteiger charge is 2.17. The van der Waals surface area contributed by atoms with Crippen LogP contribution in [0.15, 0.2) is 47.2 Å². The SMILES string of the molecule is Nc1nc(-c2ccco2)c2nnn(Cc3cc(F)c4[nH]ccc4c3)c2n1. The van der Waals surface area contributed by atoms with Gasteiger partial charge in [-0.25, -0.2) is 14.1 Å². The van der Waals surface area contributed by atoms with Crippen LogP contribution in [0.2, 0.25) is 0 Å². The van der Waals surface area contributed by atoms with Crippen molar-refractivity contribution in [3.63, 3.8) is 0 Å². The Bertz CT molecular complexity index is 1240. The zero-order chi connectivity index (χ0) is 17.7. The predicted molar refractivity (Wildman–Crippen MR) is 92.6 cm³/mol. The second kappa shape index (κ2) is 5.38. The summed E-state index contributed by atoms with van der Waals surface area (Å²) in [5.74, 6) is 0.285. The lowest BCUT2D eigenvalue weighted by atomic mass is 10.1. The van der Waals surface area contributed by atoms with Crippen molar-refractivity contribution in [1.82, 2.24) is 29.9 Å². The van der Waals surface area contributed by atoms with Crippen LogP contribution in [0.1, 0.15) is 5.56 Å². The number of hydrogen-bond acceptors (Lipinski definition) is 6. The molecule has 0 amide bonds. The van der Waals surface area contributed by atoms with Crippen LogP contribution in [-0.4, -0.2) is 29.9 Å². The number of nitrogens with zero attached hydrogens (tertiary/aromatic N) is 5. The van der Waals surface area contributed by atoms with E-state index in [1.165, 1.54) is 6.07 Å². The van der Waals surface area contributed by atoms with E-state index >= 15 is 0 Å². The Balaban J connectivity index is 1.63. The third-order valence-electron chi connectivity index (χ3n) is 4.14. The fourth-order valence-corrected chi connectivity index (χ4v) is 3.01. The average Bonchev–Trinajstić information content (AvgIpc) is 3.35. The molecular weight excluding hydrogens is 337 g/mol.